The predicted molar refractivity (Wildman–Crippen MR) is 106 cm³/mol. The minimum absolute atomic E-state index is 0.746. The molecule has 0 amide bonds. The highest BCUT2D eigenvalue weighted by Crippen LogP contribution is 2.29. The van der Waals surface area contributed by atoms with Gasteiger partial charge in [0.2, 0.25) is 0 Å². The third-order valence-corrected chi connectivity index (χ3v) is 5.37. The maximum absolute atomic E-state index is 5.41. The molecule has 0 atom stereocenters. The van der Waals surface area contributed by atoms with E-state index in [-0.39, 0.29) is 0 Å². The van der Waals surface area contributed by atoms with Crippen molar-refractivity contribution in [2.75, 3.05) is 24.5 Å². The maximum atomic E-state index is 5.41. The van der Waals surface area contributed by atoms with E-state index in [9.17, 15) is 0 Å². The third kappa shape index (κ3) is 3.53. The zero-order chi connectivity index (χ0) is 17.8. The van der Waals surface area contributed by atoms with Crippen molar-refractivity contribution in [3.63, 3.8) is 0 Å². The lowest BCUT2D eigenvalue weighted by molar-refractivity contribution is 0.382. The highest BCUT2D eigenvalue weighted by atomic mass is 32.2. The van der Waals surface area contributed by atoms with E-state index in [0.717, 1.165) is 48.1 Å². The SMILES string of the molecule is NSNCCC1CCN(c2ncnc3c2cnn3-c2ccccc2)CC1. The van der Waals surface area contributed by atoms with Crippen LogP contribution in [0.2, 0.25) is 0 Å². The molecule has 8 heteroatoms. The topological polar surface area (TPSA) is 84.9 Å². The summed E-state index contributed by atoms with van der Waals surface area (Å²) in [4.78, 5) is 11.4. The minimum Gasteiger partial charge on any atom is -0.356 e. The Balaban J connectivity index is 1.52. The molecule has 26 heavy (non-hydrogen) atoms. The Morgan fingerprint density at radius 1 is 1.15 bits per heavy atom. The molecule has 1 aromatic carbocycles. The standard InChI is InChI=1S/C18H23N7S/c19-26-23-9-6-14-7-10-24(11-8-14)17-16-12-22-25(18(16)21-13-20-17)15-4-2-1-3-5-15/h1-5,12-14,23H,6-11,19H2. The number of hydrogen-bond acceptors (Lipinski definition) is 7. The molecule has 1 aliphatic heterocycles. The Morgan fingerprint density at radius 3 is 2.73 bits per heavy atom. The van der Waals surface area contributed by atoms with Crippen LogP contribution in [0, 0.1) is 5.92 Å². The van der Waals surface area contributed by atoms with Gasteiger partial charge in [-0.1, -0.05) is 18.2 Å². The molecule has 136 valence electrons. The fourth-order valence-corrected chi connectivity index (χ4v) is 3.83. The fourth-order valence-electron chi connectivity index (χ4n) is 3.60. The molecule has 3 heterocycles. The van der Waals surface area contributed by atoms with Gasteiger partial charge in [-0.3, -0.25) is 9.86 Å². The Morgan fingerprint density at radius 2 is 1.96 bits per heavy atom. The first-order valence-corrected chi connectivity index (χ1v) is 9.82. The number of nitrogens with two attached hydrogens (primary N) is 1. The van der Waals surface area contributed by atoms with Crippen LogP contribution in [-0.4, -0.2) is 39.4 Å². The molecular formula is C18H23N7S. The van der Waals surface area contributed by atoms with Gasteiger partial charge in [-0.15, -0.1) is 0 Å². The summed E-state index contributed by atoms with van der Waals surface area (Å²) in [6, 6.07) is 10.1. The van der Waals surface area contributed by atoms with Gasteiger partial charge in [0.25, 0.3) is 0 Å². The molecule has 0 bridgehead atoms. The van der Waals surface area contributed by atoms with E-state index < -0.39 is 0 Å². The minimum atomic E-state index is 0.746. The number of para-hydroxylation sites is 1. The number of aromatic nitrogens is 4. The van der Waals surface area contributed by atoms with Crippen LogP contribution in [0.25, 0.3) is 16.7 Å². The lowest BCUT2D eigenvalue weighted by atomic mass is 9.93. The monoisotopic (exact) mass is 369 g/mol. The van der Waals surface area contributed by atoms with Gasteiger partial charge in [0.1, 0.15) is 12.1 Å². The lowest BCUT2D eigenvalue weighted by Gasteiger charge is -2.33. The Hall–Kier alpha value is -2.16. The first-order valence-electron chi connectivity index (χ1n) is 8.94. The number of piperidine rings is 1. The summed E-state index contributed by atoms with van der Waals surface area (Å²) in [5.41, 5.74) is 1.86. The summed E-state index contributed by atoms with van der Waals surface area (Å²) in [6.07, 6.45) is 7.05. The number of benzene rings is 1. The lowest BCUT2D eigenvalue weighted by Crippen LogP contribution is -2.35. The summed E-state index contributed by atoms with van der Waals surface area (Å²) in [6.45, 7) is 3.00. The Bertz CT molecular complexity index is 843. The first-order chi connectivity index (χ1) is 12.9. The van der Waals surface area contributed by atoms with E-state index in [1.54, 1.807) is 6.33 Å². The summed E-state index contributed by atoms with van der Waals surface area (Å²) in [7, 11) is 0. The molecule has 1 saturated heterocycles. The van der Waals surface area contributed by atoms with Crippen LogP contribution in [0.4, 0.5) is 5.82 Å². The molecule has 3 N–H and O–H groups in total. The summed E-state index contributed by atoms with van der Waals surface area (Å²) < 4.78 is 5.01. The molecule has 1 aliphatic rings. The van der Waals surface area contributed by atoms with E-state index in [1.807, 2.05) is 41.2 Å². The molecular weight excluding hydrogens is 346 g/mol. The molecule has 4 rings (SSSR count). The smallest absolute Gasteiger partial charge is 0.168 e. The number of rotatable bonds is 6. The van der Waals surface area contributed by atoms with Gasteiger partial charge < -0.3 is 4.90 Å². The van der Waals surface area contributed by atoms with Crippen molar-refractivity contribution in [3.05, 3.63) is 42.9 Å². The van der Waals surface area contributed by atoms with Crippen molar-refractivity contribution < 1.29 is 0 Å². The normalized spacial score (nSPS) is 15.7. The van der Waals surface area contributed by atoms with Gasteiger partial charge in [-0.2, -0.15) is 5.10 Å². The number of anilines is 1. The van der Waals surface area contributed by atoms with Crippen LogP contribution in [0.1, 0.15) is 19.3 Å². The second-order valence-corrected chi connectivity index (χ2v) is 7.08. The first kappa shape index (κ1) is 17.3. The second kappa shape index (κ2) is 8.03. The zero-order valence-corrected chi connectivity index (χ0v) is 15.4. The van der Waals surface area contributed by atoms with E-state index in [4.69, 9.17) is 5.14 Å². The van der Waals surface area contributed by atoms with Gasteiger partial charge in [-0.05, 0) is 37.3 Å². The summed E-state index contributed by atoms with van der Waals surface area (Å²) in [5.74, 6) is 1.74. The molecule has 0 radical (unpaired) electrons. The second-order valence-electron chi connectivity index (χ2n) is 6.56. The van der Waals surface area contributed by atoms with E-state index >= 15 is 0 Å². The third-order valence-electron chi connectivity index (χ3n) is 5.00. The molecule has 1 fully saturated rings. The summed E-state index contributed by atoms with van der Waals surface area (Å²) >= 11 is 1.20. The van der Waals surface area contributed by atoms with Gasteiger partial charge in [-0.25, -0.2) is 14.6 Å². The van der Waals surface area contributed by atoms with Gasteiger partial charge in [0.05, 0.1) is 17.3 Å². The summed E-state index contributed by atoms with van der Waals surface area (Å²) in [5, 5.41) is 11.0. The highest BCUT2D eigenvalue weighted by Gasteiger charge is 2.22. The fraction of sp³-hybridized carbons (Fsp3) is 0.389. The predicted octanol–water partition coefficient (Wildman–Crippen LogP) is 2.53. The Kier molecular flexibility index (Phi) is 5.33. The average molecular weight is 369 g/mol. The van der Waals surface area contributed by atoms with Crippen molar-refractivity contribution >= 4 is 29.0 Å². The molecule has 7 nitrogen and oxygen atoms in total. The highest BCUT2D eigenvalue weighted by molar-refractivity contribution is 7.95. The van der Waals surface area contributed by atoms with Gasteiger partial charge in [0, 0.05) is 31.8 Å². The van der Waals surface area contributed by atoms with Crippen LogP contribution < -0.4 is 14.8 Å². The molecule has 0 aliphatic carbocycles. The van der Waals surface area contributed by atoms with Crippen molar-refractivity contribution in [2.45, 2.75) is 19.3 Å². The van der Waals surface area contributed by atoms with Crippen LogP contribution >= 0.6 is 12.1 Å². The Labute approximate surface area is 157 Å². The van der Waals surface area contributed by atoms with Crippen LogP contribution in [-0.2, 0) is 0 Å². The molecule has 3 aromatic rings. The van der Waals surface area contributed by atoms with E-state index in [0.29, 0.717) is 0 Å². The molecule has 0 unspecified atom stereocenters. The van der Waals surface area contributed by atoms with Crippen molar-refractivity contribution in [2.24, 2.45) is 11.1 Å². The zero-order valence-electron chi connectivity index (χ0n) is 14.6. The van der Waals surface area contributed by atoms with Crippen LogP contribution in [0.15, 0.2) is 42.9 Å². The maximum Gasteiger partial charge on any atom is 0.168 e. The van der Waals surface area contributed by atoms with Crippen molar-refractivity contribution in [1.82, 2.24) is 24.5 Å². The largest absolute Gasteiger partial charge is 0.356 e. The molecule has 2 aromatic heterocycles. The quantitative estimate of drug-likeness (QED) is 0.510. The van der Waals surface area contributed by atoms with Gasteiger partial charge >= 0.3 is 0 Å². The van der Waals surface area contributed by atoms with Crippen molar-refractivity contribution in [1.29, 1.82) is 0 Å². The number of nitrogens with zero attached hydrogens (tertiary/aromatic N) is 5. The number of nitrogens with one attached hydrogen (secondary N) is 1. The van der Waals surface area contributed by atoms with Gasteiger partial charge in [0.15, 0.2) is 5.65 Å². The van der Waals surface area contributed by atoms with Crippen LogP contribution in [0.3, 0.4) is 0 Å². The van der Waals surface area contributed by atoms with E-state index in [1.165, 1.54) is 31.4 Å². The van der Waals surface area contributed by atoms with Crippen molar-refractivity contribution in [3.8, 4) is 5.69 Å². The molecule has 0 saturated carbocycles. The average Bonchev–Trinajstić information content (AvgIpc) is 3.14. The van der Waals surface area contributed by atoms with Crippen LogP contribution in [0.5, 0.6) is 0 Å². The molecule has 0 spiro atoms. The van der Waals surface area contributed by atoms with E-state index in [2.05, 4.69) is 24.7 Å². The number of fused-ring (bicyclic) bond motifs is 1. The number of hydrogen-bond donors (Lipinski definition) is 2.